The second kappa shape index (κ2) is 4.14. The first-order valence-electron chi connectivity index (χ1n) is 5.40. The molecule has 1 aliphatic heterocycles. The van der Waals surface area contributed by atoms with Gasteiger partial charge in [0.15, 0.2) is 0 Å². The summed E-state index contributed by atoms with van der Waals surface area (Å²) < 4.78 is 0. The Bertz CT molecular complexity index is 411. The van der Waals surface area contributed by atoms with Crippen molar-refractivity contribution in [3.63, 3.8) is 0 Å². The van der Waals surface area contributed by atoms with Crippen LogP contribution >= 0.6 is 0 Å². The number of nitrogens with zero attached hydrogens (tertiary/aromatic N) is 1. The number of hydrogen-bond donors (Lipinski definition) is 2. The molecule has 1 aliphatic rings. The fourth-order valence-corrected chi connectivity index (χ4v) is 1.88. The van der Waals surface area contributed by atoms with Crippen LogP contribution < -0.4 is 5.73 Å². The molecule has 4 heteroatoms. The average molecular weight is 220 g/mol. The minimum atomic E-state index is -0.106. The topological polar surface area (TPSA) is 66.6 Å². The van der Waals surface area contributed by atoms with Gasteiger partial charge >= 0.3 is 0 Å². The van der Waals surface area contributed by atoms with Crippen molar-refractivity contribution in [3.8, 4) is 5.75 Å². The Labute approximate surface area is 94.7 Å². The van der Waals surface area contributed by atoms with Crippen molar-refractivity contribution >= 4 is 5.91 Å². The fraction of sp³-hybridized carbons (Fsp3) is 0.417. The molecule has 1 amide bonds. The number of benzene rings is 1. The molecule has 0 atom stereocenters. The molecule has 0 bridgehead atoms. The molecule has 0 saturated carbocycles. The molecule has 1 aromatic rings. The Hall–Kier alpha value is -1.55. The van der Waals surface area contributed by atoms with Crippen molar-refractivity contribution in [1.82, 2.24) is 4.90 Å². The standard InChI is InChI=1S/C12H16N2O2/c1-8-2-3-11(15)10(4-8)12(16)14-6-9(5-13)7-14/h2-4,9,15H,5-7,13H2,1H3. The SMILES string of the molecule is Cc1ccc(O)c(C(=O)N2CC(CN)C2)c1. The van der Waals surface area contributed by atoms with E-state index in [1.54, 1.807) is 23.1 Å². The Morgan fingerprint density at radius 3 is 2.88 bits per heavy atom. The molecule has 3 N–H and O–H groups in total. The van der Waals surface area contributed by atoms with Gasteiger partial charge in [0.1, 0.15) is 5.75 Å². The number of phenols is 1. The van der Waals surface area contributed by atoms with Gasteiger partial charge in [0, 0.05) is 19.0 Å². The van der Waals surface area contributed by atoms with Gasteiger partial charge in [-0.3, -0.25) is 4.79 Å². The largest absolute Gasteiger partial charge is 0.507 e. The minimum absolute atomic E-state index is 0.0480. The monoisotopic (exact) mass is 220 g/mol. The number of carbonyl (C=O) groups is 1. The zero-order chi connectivity index (χ0) is 11.7. The predicted octanol–water partition coefficient (Wildman–Crippen LogP) is 0.731. The number of aromatic hydroxyl groups is 1. The zero-order valence-corrected chi connectivity index (χ0v) is 9.31. The van der Waals surface area contributed by atoms with Crippen LogP contribution in [0.15, 0.2) is 18.2 Å². The number of amides is 1. The molecular formula is C12H16N2O2. The number of rotatable bonds is 2. The van der Waals surface area contributed by atoms with E-state index in [2.05, 4.69) is 0 Å². The molecule has 0 radical (unpaired) electrons. The van der Waals surface area contributed by atoms with E-state index >= 15 is 0 Å². The van der Waals surface area contributed by atoms with Gasteiger partial charge in [0.05, 0.1) is 5.56 Å². The first-order valence-corrected chi connectivity index (χ1v) is 5.40. The van der Waals surface area contributed by atoms with Crippen LogP contribution in [-0.2, 0) is 0 Å². The van der Waals surface area contributed by atoms with Gasteiger partial charge in [0.25, 0.3) is 5.91 Å². The molecule has 16 heavy (non-hydrogen) atoms. The number of aryl methyl sites for hydroxylation is 1. The first kappa shape index (κ1) is 11.0. The number of phenolic OH excluding ortho intramolecular Hbond substituents is 1. The summed E-state index contributed by atoms with van der Waals surface area (Å²) in [5.41, 5.74) is 6.86. The lowest BCUT2D eigenvalue weighted by Gasteiger charge is -2.38. The van der Waals surface area contributed by atoms with E-state index in [9.17, 15) is 9.90 Å². The predicted molar refractivity (Wildman–Crippen MR) is 61.3 cm³/mol. The molecular weight excluding hydrogens is 204 g/mol. The lowest BCUT2D eigenvalue weighted by atomic mass is 9.98. The summed E-state index contributed by atoms with van der Waals surface area (Å²) in [5, 5.41) is 9.62. The van der Waals surface area contributed by atoms with Crippen molar-refractivity contribution in [3.05, 3.63) is 29.3 Å². The van der Waals surface area contributed by atoms with Crippen LogP contribution in [0.4, 0.5) is 0 Å². The van der Waals surface area contributed by atoms with Crippen LogP contribution in [0.2, 0.25) is 0 Å². The summed E-state index contributed by atoms with van der Waals surface area (Å²) in [6.45, 7) is 3.91. The molecule has 86 valence electrons. The highest BCUT2D eigenvalue weighted by molar-refractivity contribution is 5.97. The van der Waals surface area contributed by atoms with Gasteiger partial charge in [-0.05, 0) is 25.6 Å². The van der Waals surface area contributed by atoms with E-state index in [0.29, 0.717) is 31.1 Å². The quantitative estimate of drug-likeness (QED) is 0.772. The number of nitrogens with two attached hydrogens (primary N) is 1. The lowest BCUT2D eigenvalue weighted by molar-refractivity contribution is 0.0512. The van der Waals surface area contributed by atoms with Crippen LogP contribution in [0.3, 0.4) is 0 Å². The average Bonchev–Trinajstić information content (AvgIpc) is 2.20. The van der Waals surface area contributed by atoms with Gasteiger partial charge in [-0.1, -0.05) is 11.6 Å². The maximum Gasteiger partial charge on any atom is 0.257 e. The molecule has 1 fully saturated rings. The molecule has 2 rings (SSSR count). The Morgan fingerprint density at radius 2 is 2.25 bits per heavy atom. The van der Waals surface area contributed by atoms with E-state index in [1.165, 1.54) is 0 Å². The van der Waals surface area contributed by atoms with Crippen LogP contribution in [0.25, 0.3) is 0 Å². The van der Waals surface area contributed by atoms with Crippen LogP contribution in [-0.4, -0.2) is 35.5 Å². The number of hydrogen-bond acceptors (Lipinski definition) is 3. The molecule has 0 spiro atoms. The molecule has 4 nitrogen and oxygen atoms in total. The van der Waals surface area contributed by atoms with Gasteiger partial charge < -0.3 is 15.7 Å². The summed E-state index contributed by atoms with van der Waals surface area (Å²) in [5.74, 6) is 0.355. The van der Waals surface area contributed by atoms with Crippen molar-refractivity contribution < 1.29 is 9.90 Å². The molecule has 1 saturated heterocycles. The van der Waals surface area contributed by atoms with E-state index in [-0.39, 0.29) is 11.7 Å². The molecule has 0 unspecified atom stereocenters. The van der Waals surface area contributed by atoms with E-state index in [1.807, 2.05) is 6.92 Å². The highest BCUT2D eigenvalue weighted by Crippen LogP contribution is 2.24. The van der Waals surface area contributed by atoms with Gasteiger partial charge in [-0.25, -0.2) is 0 Å². The third kappa shape index (κ3) is 1.88. The third-order valence-electron chi connectivity index (χ3n) is 2.96. The summed E-state index contributed by atoms with van der Waals surface area (Å²) >= 11 is 0. The lowest BCUT2D eigenvalue weighted by Crippen LogP contribution is -2.52. The Balaban J connectivity index is 2.13. The van der Waals surface area contributed by atoms with Gasteiger partial charge in [0.2, 0.25) is 0 Å². The fourth-order valence-electron chi connectivity index (χ4n) is 1.88. The Morgan fingerprint density at radius 1 is 1.56 bits per heavy atom. The van der Waals surface area contributed by atoms with E-state index in [4.69, 9.17) is 5.73 Å². The summed E-state index contributed by atoms with van der Waals surface area (Å²) in [4.78, 5) is 13.7. The molecule has 1 aromatic carbocycles. The third-order valence-corrected chi connectivity index (χ3v) is 2.96. The van der Waals surface area contributed by atoms with E-state index < -0.39 is 0 Å². The van der Waals surface area contributed by atoms with Crippen LogP contribution in [0, 0.1) is 12.8 Å². The second-order valence-electron chi connectivity index (χ2n) is 4.33. The van der Waals surface area contributed by atoms with Gasteiger partial charge in [-0.2, -0.15) is 0 Å². The maximum absolute atomic E-state index is 12.0. The molecule has 1 heterocycles. The number of likely N-dealkylation sites (tertiary alicyclic amines) is 1. The first-order chi connectivity index (χ1) is 7.61. The van der Waals surface area contributed by atoms with Gasteiger partial charge in [-0.15, -0.1) is 0 Å². The van der Waals surface area contributed by atoms with Crippen molar-refractivity contribution in [2.75, 3.05) is 19.6 Å². The summed E-state index contributed by atoms with van der Waals surface area (Å²) in [6.07, 6.45) is 0. The zero-order valence-electron chi connectivity index (χ0n) is 9.31. The normalized spacial score (nSPS) is 16.0. The molecule has 0 aliphatic carbocycles. The summed E-state index contributed by atoms with van der Waals surface area (Å²) in [6, 6.07) is 5.06. The summed E-state index contributed by atoms with van der Waals surface area (Å²) in [7, 11) is 0. The van der Waals surface area contributed by atoms with Crippen molar-refractivity contribution in [1.29, 1.82) is 0 Å². The maximum atomic E-state index is 12.0. The van der Waals surface area contributed by atoms with Crippen LogP contribution in [0.1, 0.15) is 15.9 Å². The van der Waals surface area contributed by atoms with E-state index in [0.717, 1.165) is 5.56 Å². The highest BCUT2D eigenvalue weighted by Gasteiger charge is 2.31. The second-order valence-corrected chi connectivity index (χ2v) is 4.33. The van der Waals surface area contributed by atoms with Crippen LogP contribution in [0.5, 0.6) is 5.75 Å². The minimum Gasteiger partial charge on any atom is -0.507 e. The molecule has 0 aromatic heterocycles. The highest BCUT2D eigenvalue weighted by atomic mass is 16.3. The number of carbonyl (C=O) groups excluding carboxylic acids is 1. The van der Waals surface area contributed by atoms with Crippen molar-refractivity contribution in [2.45, 2.75) is 6.92 Å². The Kier molecular flexibility index (Phi) is 2.83. The smallest absolute Gasteiger partial charge is 0.257 e. The van der Waals surface area contributed by atoms with Crippen molar-refractivity contribution in [2.24, 2.45) is 11.7 Å².